The highest BCUT2D eigenvalue weighted by atomic mass is 16.5. The van der Waals surface area contributed by atoms with Crippen LogP contribution in [0.2, 0.25) is 0 Å². The quantitative estimate of drug-likeness (QED) is 0.835. The number of benzene rings is 1. The number of nitrogens with zero attached hydrogens (tertiary/aromatic N) is 2. The van der Waals surface area contributed by atoms with Gasteiger partial charge in [-0.1, -0.05) is 47.8 Å². The van der Waals surface area contributed by atoms with Gasteiger partial charge in [0.15, 0.2) is 5.82 Å². The number of carbonyl (C=O) groups is 1. The first-order chi connectivity index (χ1) is 12.1. The average molecular weight is 341 g/mol. The van der Waals surface area contributed by atoms with Crippen LogP contribution in [0.1, 0.15) is 61.4 Å². The number of amides is 1. The third-order valence-electron chi connectivity index (χ3n) is 5.18. The maximum Gasteiger partial charge on any atom is 0.226 e. The smallest absolute Gasteiger partial charge is 0.226 e. The molecule has 3 rings (SSSR count). The van der Waals surface area contributed by atoms with Crippen LogP contribution < -0.4 is 5.32 Å². The summed E-state index contributed by atoms with van der Waals surface area (Å²) in [6.45, 7) is 4.66. The normalized spacial score (nSPS) is 16.1. The molecule has 0 spiro atoms. The third-order valence-corrected chi connectivity index (χ3v) is 5.18. The Labute approximate surface area is 149 Å². The van der Waals surface area contributed by atoms with Crippen molar-refractivity contribution in [1.29, 1.82) is 0 Å². The Morgan fingerprint density at radius 1 is 1.28 bits per heavy atom. The predicted molar refractivity (Wildman–Crippen MR) is 96.3 cm³/mol. The van der Waals surface area contributed by atoms with Gasteiger partial charge in [0, 0.05) is 24.8 Å². The van der Waals surface area contributed by atoms with Crippen molar-refractivity contribution in [2.24, 2.45) is 0 Å². The van der Waals surface area contributed by atoms with Crippen LogP contribution in [0.15, 0.2) is 28.8 Å². The lowest BCUT2D eigenvalue weighted by molar-refractivity contribution is -0.121. The van der Waals surface area contributed by atoms with E-state index in [4.69, 9.17) is 4.52 Å². The molecule has 1 saturated carbocycles. The molecule has 5 nitrogen and oxygen atoms in total. The highest BCUT2D eigenvalue weighted by Gasteiger charge is 2.35. The standard InChI is InChI=1S/C20H27N3O2/c1-15-7-5-8-17(13-15)20(11-3-4-12-20)14-21-18(24)9-6-10-19-22-16(2)23-25-19/h5,7-8,13H,3-4,6,9-12,14H2,1-2H3,(H,21,24). The van der Waals surface area contributed by atoms with Crippen molar-refractivity contribution >= 4 is 5.91 Å². The Kier molecular flexibility index (Phi) is 5.51. The van der Waals surface area contributed by atoms with Crippen LogP contribution >= 0.6 is 0 Å². The van der Waals surface area contributed by atoms with Crippen LogP contribution in [0.25, 0.3) is 0 Å². The van der Waals surface area contributed by atoms with Gasteiger partial charge in [0.05, 0.1) is 0 Å². The highest BCUT2D eigenvalue weighted by molar-refractivity contribution is 5.76. The van der Waals surface area contributed by atoms with Gasteiger partial charge < -0.3 is 9.84 Å². The zero-order valence-electron chi connectivity index (χ0n) is 15.2. The number of rotatable bonds is 7. The van der Waals surface area contributed by atoms with E-state index in [0.29, 0.717) is 24.6 Å². The van der Waals surface area contributed by atoms with Crippen LogP contribution in [0, 0.1) is 13.8 Å². The monoisotopic (exact) mass is 341 g/mol. The molecule has 25 heavy (non-hydrogen) atoms. The third kappa shape index (κ3) is 4.47. The molecule has 134 valence electrons. The first kappa shape index (κ1) is 17.6. The Balaban J connectivity index is 1.52. The second-order valence-corrected chi connectivity index (χ2v) is 7.22. The summed E-state index contributed by atoms with van der Waals surface area (Å²) in [5.41, 5.74) is 2.75. The molecule has 0 aliphatic heterocycles. The molecule has 0 saturated heterocycles. The molecule has 2 aromatic rings. The van der Waals surface area contributed by atoms with E-state index >= 15 is 0 Å². The summed E-state index contributed by atoms with van der Waals surface area (Å²) in [4.78, 5) is 16.4. The van der Waals surface area contributed by atoms with Gasteiger partial charge in [-0.25, -0.2) is 0 Å². The van der Waals surface area contributed by atoms with Crippen molar-refractivity contribution in [2.45, 2.75) is 64.2 Å². The largest absolute Gasteiger partial charge is 0.355 e. The molecule has 1 amide bonds. The highest BCUT2D eigenvalue weighted by Crippen LogP contribution is 2.40. The molecular formula is C20H27N3O2. The van der Waals surface area contributed by atoms with Gasteiger partial charge in [0.25, 0.3) is 0 Å². The van der Waals surface area contributed by atoms with Crippen molar-refractivity contribution < 1.29 is 9.32 Å². The predicted octanol–water partition coefficient (Wildman–Crippen LogP) is 3.64. The molecule has 1 aliphatic rings. The lowest BCUT2D eigenvalue weighted by Crippen LogP contribution is -2.39. The molecule has 1 N–H and O–H groups in total. The van der Waals surface area contributed by atoms with Gasteiger partial charge in [-0.2, -0.15) is 4.98 Å². The van der Waals surface area contributed by atoms with Crippen LogP contribution in [-0.4, -0.2) is 22.6 Å². The number of aryl methyl sites for hydroxylation is 3. The van der Waals surface area contributed by atoms with E-state index < -0.39 is 0 Å². The molecule has 5 heteroatoms. The lowest BCUT2D eigenvalue weighted by Gasteiger charge is -2.30. The minimum absolute atomic E-state index is 0.102. The van der Waals surface area contributed by atoms with Gasteiger partial charge in [-0.05, 0) is 38.7 Å². The fourth-order valence-electron chi connectivity index (χ4n) is 3.79. The fourth-order valence-corrected chi connectivity index (χ4v) is 3.79. The molecule has 1 aromatic heterocycles. The number of nitrogens with one attached hydrogen (secondary N) is 1. The van der Waals surface area contributed by atoms with Crippen LogP contribution in [-0.2, 0) is 16.6 Å². The zero-order valence-corrected chi connectivity index (χ0v) is 15.2. The lowest BCUT2D eigenvalue weighted by atomic mass is 9.78. The van der Waals surface area contributed by atoms with E-state index in [1.54, 1.807) is 6.92 Å². The van der Waals surface area contributed by atoms with Crippen molar-refractivity contribution in [3.8, 4) is 0 Å². The summed E-state index contributed by atoms with van der Waals surface area (Å²) < 4.78 is 5.08. The molecule has 1 fully saturated rings. The molecule has 1 aromatic carbocycles. The first-order valence-electron chi connectivity index (χ1n) is 9.20. The Morgan fingerprint density at radius 3 is 2.76 bits per heavy atom. The number of hydrogen-bond donors (Lipinski definition) is 1. The van der Waals surface area contributed by atoms with E-state index in [2.05, 4.69) is 46.6 Å². The number of carbonyl (C=O) groups excluding carboxylic acids is 1. The van der Waals surface area contributed by atoms with Crippen LogP contribution in [0.4, 0.5) is 0 Å². The second kappa shape index (κ2) is 7.81. The first-order valence-corrected chi connectivity index (χ1v) is 9.20. The van der Waals surface area contributed by atoms with Crippen LogP contribution in [0.5, 0.6) is 0 Å². The van der Waals surface area contributed by atoms with Crippen molar-refractivity contribution in [2.75, 3.05) is 6.54 Å². The summed E-state index contributed by atoms with van der Waals surface area (Å²) in [5.74, 6) is 1.35. The van der Waals surface area contributed by atoms with Crippen molar-refractivity contribution in [3.05, 3.63) is 47.1 Å². The number of hydrogen-bond acceptors (Lipinski definition) is 4. The second-order valence-electron chi connectivity index (χ2n) is 7.22. The summed E-state index contributed by atoms with van der Waals surface area (Å²) in [6, 6.07) is 8.74. The molecule has 1 aliphatic carbocycles. The van der Waals surface area contributed by atoms with Gasteiger partial charge in [0.2, 0.25) is 11.8 Å². The van der Waals surface area contributed by atoms with Gasteiger partial charge in [-0.15, -0.1) is 0 Å². The number of aromatic nitrogens is 2. The van der Waals surface area contributed by atoms with Gasteiger partial charge in [-0.3, -0.25) is 4.79 Å². The molecule has 0 unspecified atom stereocenters. The molecular weight excluding hydrogens is 314 g/mol. The maximum atomic E-state index is 12.3. The summed E-state index contributed by atoms with van der Waals surface area (Å²) in [7, 11) is 0. The van der Waals surface area contributed by atoms with E-state index in [-0.39, 0.29) is 11.3 Å². The molecule has 0 bridgehead atoms. The van der Waals surface area contributed by atoms with Gasteiger partial charge >= 0.3 is 0 Å². The molecule has 0 atom stereocenters. The zero-order chi connectivity index (χ0) is 17.7. The van der Waals surface area contributed by atoms with Crippen molar-refractivity contribution in [3.63, 3.8) is 0 Å². The SMILES string of the molecule is Cc1cccc(C2(CNC(=O)CCCc3nc(C)no3)CCCC2)c1. The summed E-state index contributed by atoms with van der Waals surface area (Å²) in [6.07, 6.45) is 6.64. The maximum absolute atomic E-state index is 12.3. The van der Waals surface area contributed by atoms with Crippen molar-refractivity contribution in [1.82, 2.24) is 15.5 Å². The minimum Gasteiger partial charge on any atom is -0.355 e. The average Bonchev–Trinajstić information content (AvgIpc) is 3.23. The van der Waals surface area contributed by atoms with Crippen LogP contribution in [0.3, 0.4) is 0 Å². The van der Waals surface area contributed by atoms with Gasteiger partial charge in [0.1, 0.15) is 0 Å². The molecule has 1 heterocycles. The van der Waals surface area contributed by atoms with E-state index in [1.165, 1.54) is 24.0 Å². The Morgan fingerprint density at radius 2 is 2.08 bits per heavy atom. The molecule has 0 radical (unpaired) electrons. The Bertz CT molecular complexity index is 717. The van der Waals surface area contributed by atoms with E-state index in [9.17, 15) is 4.79 Å². The summed E-state index contributed by atoms with van der Waals surface area (Å²) in [5, 5.41) is 6.94. The summed E-state index contributed by atoms with van der Waals surface area (Å²) >= 11 is 0. The van der Waals surface area contributed by atoms with E-state index in [1.807, 2.05) is 0 Å². The topological polar surface area (TPSA) is 68.0 Å². The minimum atomic E-state index is 0.102. The Hall–Kier alpha value is -2.17. The fraction of sp³-hybridized carbons (Fsp3) is 0.550. The van der Waals surface area contributed by atoms with E-state index in [0.717, 1.165) is 25.8 Å².